The standard InChI is InChI=1S/2C24H18Br2S5.2BrH/c2*25-19-13-11-17(29-19)21-23(27-15-7-3-1-4-8-15)24(28-16-9-5-2-6-10-16)22(31-21)18-12-14-20(26)30-18;;/h2*1-14,21-24H;2*1H/p-2. The summed E-state index contributed by atoms with van der Waals surface area (Å²) in [5.74, 6) is 0. The number of thioether (sulfide) groups is 6. The van der Waals surface area contributed by atoms with E-state index in [0.29, 0.717) is 42.0 Å². The molecule has 0 bridgehead atoms. The predicted octanol–water partition coefficient (Wildman–Crippen LogP) is 14.4. The van der Waals surface area contributed by atoms with Crippen molar-refractivity contribution in [1.82, 2.24) is 0 Å². The van der Waals surface area contributed by atoms with E-state index in [0.717, 1.165) is 0 Å². The zero-order valence-electron chi connectivity index (χ0n) is 33.1. The Labute approximate surface area is 473 Å². The summed E-state index contributed by atoms with van der Waals surface area (Å²) in [5.41, 5.74) is 0. The van der Waals surface area contributed by atoms with Crippen LogP contribution in [0.3, 0.4) is 0 Å². The Kier molecular flexibility index (Phi) is 21.1. The van der Waals surface area contributed by atoms with Gasteiger partial charge in [-0.1, -0.05) is 72.8 Å². The zero-order chi connectivity index (χ0) is 42.4. The third-order valence-electron chi connectivity index (χ3n) is 9.99. The molecule has 2 saturated heterocycles. The van der Waals surface area contributed by atoms with Gasteiger partial charge >= 0.3 is 0 Å². The van der Waals surface area contributed by atoms with Gasteiger partial charge < -0.3 is 34.0 Å². The van der Waals surface area contributed by atoms with Crippen molar-refractivity contribution in [3.63, 3.8) is 0 Å². The quantitative estimate of drug-likeness (QED) is 0.119. The van der Waals surface area contributed by atoms with Crippen LogP contribution in [0.15, 0.2) is 205 Å². The lowest BCUT2D eigenvalue weighted by Gasteiger charge is -2.24. The fourth-order valence-electron chi connectivity index (χ4n) is 7.30. The third kappa shape index (κ3) is 13.5. The second-order valence-electron chi connectivity index (χ2n) is 14.1. The van der Waals surface area contributed by atoms with Crippen LogP contribution in [0.2, 0.25) is 0 Å². The molecule has 8 unspecified atom stereocenters. The number of hydrogen-bond acceptors (Lipinski definition) is 10. The van der Waals surface area contributed by atoms with Crippen molar-refractivity contribution < 1.29 is 34.0 Å². The molecular formula is C48H36Br6S10-2. The van der Waals surface area contributed by atoms with E-state index in [1.807, 2.05) is 92.4 Å². The maximum Gasteiger partial charge on any atom is 0.0701 e. The molecule has 2 aliphatic heterocycles. The number of rotatable bonds is 12. The average molecular weight is 1410 g/mol. The second-order valence-corrected chi connectivity index (χ2v) is 31.7. The Morgan fingerprint density at radius 3 is 0.656 bits per heavy atom. The maximum absolute atomic E-state index is 3.69. The Morgan fingerprint density at radius 2 is 0.484 bits per heavy atom. The van der Waals surface area contributed by atoms with Gasteiger partial charge in [-0.15, -0.1) is 116 Å². The Bertz CT molecular complexity index is 2260. The summed E-state index contributed by atoms with van der Waals surface area (Å²) >= 11 is 34.7. The highest BCUT2D eigenvalue weighted by Gasteiger charge is 2.49. The molecule has 4 aromatic carbocycles. The molecule has 0 radical (unpaired) electrons. The van der Waals surface area contributed by atoms with Crippen LogP contribution in [0.4, 0.5) is 0 Å². The van der Waals surface area contributed by atoms with Crippen LogP contribution in [0.5, 0.6) is 0 Å². The summed E-state index contributed by atoms with van der Waals surface area (Å²) < 4.78 is 4.84. The van der Waals surface area contributed by atoms with Gasteiger partial charge in [0.25, 0.3) is 0 Å². The molecule has 8 aromatic rings. The van der Waals surface area contributed by atoms with Crippen LogP contribution in [-0.2, 0) is 0 Å². The summed E-state index contributed by atoms with van der Waals surface area (Å²) in [6.45, 7) is 0. The molecule has 0 N–H and O–H groups in total. The molecule has 0 aliphatic carbocycles. The van der Waals surface area contributed by atoms with E-state index < -0.39 is 0 Å². The first kappa shape index (κ1) is 52.5. The highest BCUT2D eigenvalue weighted by atomic mass is 79.9. The van der Waals surface area contributed by atoms with E-state index in [9.17, 15) is 0 Å². The Hall–Kier alpha value is 0.660. The van der Waals surface area contributed by atoms with Gasteiger partial charge in [-0.2, -0.15) is 0 Å². The highest BCUT2D eigenvalue weighted by molar-refractivity contribution is 9.11. The number of halogens is 6. The monoisotopic (exact) mass is 1410 g/mol. The molecule has 2 fully saturated rings. The van der Waals surface area contributed by atoms with Crippen LogP contribution in [-0.4, -0.2) is 21.0 Å². The minimum absolute atomic E-state index is 0. The first-order chi connectivity index (χ1) is 30.3. The zero-order valence-corrected chi connectivity index (χ0v) is 50.8. The van der Waals surface area contributed by atoms with Gasteiger partial charge in [0.1, 0.15) is 0 Å². The van der Waals surface area contributed by atoms with Crippen molar-refractivity contribution in [1.29, 1.82) is 0 Å². The molecule has 4 aromatic heterocycles. The van der Waals surface area contributed by atoms with E-state index >= 15 is 0 Å². The Morgan fingerprint density at radius 1 is 0.281 bits per heavy atom. The van der Waals surface area contributed by atoms with Crippen molar-refractivity contribution >= 4 is 180 Å². The maximum atomic E-state index is 3.69. The van der Waals surface area contributed by atoms with Crippen molar-refractivity contribution in [3.8, 4) is 0 Å². The minimum atomic E-state index is 0. The molecule has 332 valence electrons. The molecule has 2 aliphatic rings. The van der Waals surface area contributed by atoms with Gasteiger partial charge in [-0.3, -0.25) is 0 Å². The summed E-state index contributed by atoms with van der Waals surface area (Å²) in [4.78, 5) is 11.2. The molecule has 0 amide bonds. The lowest BCUT2D eigenvalue weighted by atomic mass is 10.1. The Balaban J connectivity index is 0.000000186. The molecule has 10 rings (SSSR count). The highest BCUT2D eigenvalue weighted by Crippen LogP contribution is 2.65. The molecule has 16 heteroatoms. The molecule has 8 atom stereocenters. The average Bonchev–Trinajstić information content (AvgIpc) is 4.18. The van der Waals surface area contributed by atoms with Gasteiger partial charge in [0.05, 0.1) is 36.1 Å². The van der Waals surface area contributed by atoms with E-state index in [1.165, 1.54) is 54.2 Å². The van der Waals surface area contributed by atoms with Crippen molar-refractivity contribution in [2.45, 2.75) is 61.6 Å². The first-order valence-electron chi connectivity index (χ1n) is 19.5. The largest absolute Gasteiger partial charge is 1.00 e. The van der Waals surface area contributed by atoms with Crippen LogP contribution in [0.25, 0.3) is 0 Å². The first-order valence-corrected chi connectivity index (χ1v) is 31.4. The summed E-state index contributed by atoms with van der Waals surface area (Å²) in [7, 11) is 0. The fourth-order valence-corrected chi connectivity index (χ4v) is 24.7. The lowest BCUT2D eigenvalue weighted by molar-refractivity contribution is -0.001000. The third-order valence-corrected chi connectivity index (χ3v) is 27.3. The smallest absolute Gasteiger partial charge is 0.0701 e. The van der Waals surface area contributed by atoms with Crippen molar-refractivity contribution in [2.24, 2.45) is 0 Å². The second kappa shape index (κ2) is 25.7. The SMILES string of the molecule is Brc1ccc(C2SC(c3ccc(Br)s3)C(Sc3ccccc3)C2Sc2ccccc2)s1.Brc1ccc(C2SC(c3ccc(Br)s3)C(Sc3ccccc3)C2Sc2ccccc2)s1.[Br-].[Br-]. The predicted molar refractivity (Wildman–Crippen MR) is 299 cm³/mol. The van der Waals surface area contributed by atoms with Crippen LogP contribution < -0.4 is 34.0 Å². The number of hydrogen-bond donors (Lipinski definition) is 0. The van der Waals surface area contributed by atoms with Crippen LogP contribution >= 0.6 is 180 Å². The van der Waals surface area contributed by atoms with E-state index in [1.54, 1.807) is 0 Å². The lowest BCUT2D eigenvalue weighted by Crippen LogP contribution is -3.00. The van der Waals surface area contributed by atoms with Crippen LogP contribution in [0.1, 0.15) is 40.5 Å². The van der Waals surface area contributed by atoms with Gasteiger partial charge in [0.15, 0.2) is 0 Å². The van der Waals surface area contributed by atoms with Gasteiger partial charge in [-0.05, 0) is 161 Å². The van der Waals surface area contributed by atoms with E-state index in [4.69, 9.17) is 0 Å². The number of benzene rings is 4. The molecule has 6 heterocycles. The molecule has 0 spiro atoms. The summed E-state index contributed by atoms with van der Waals surface area (Å²) in [6.07, 6.45) is 0. The van der Waals surface area contributed by atoms with Gasteiger partial charge in [0, 0.05) is 60.1 Å². The normalized spacial score (nSPS) is 22.6. The molecular weight excluding hydrogens is 1380 g/mol. The van der Waals surface area contributed by atoms with Crippen molar-refractivity contribution in [3.05, 3.63) is 205 Å². The van der Waals surface area contributed by atoms with Gasteiger partial charge in [-0.25, -0.2) is 0 Å². The fraction of sp³-hybridized carbons (Fsp3) is 0.167. The van der Waals surface area contributed by atoms with Crippen LogP contribution in [0, 0.1) is 0 Å². The van der Waals surface area contributed by atoms with Gasteiger partial charge in [0.2, 0.25) is 0 Å². The summed E-state index contributed by atoms with van der Waals surface area (Å²) in [6, 6.07) is 61.6. The van der Waals surface area contributed by atoms with E-state index in [2.05, 4.69) is 257 Å². The van der Waals surface area contributed by atoms with E-state index in [-0.39, 0.29) is 34.0 Å². The molecule has 0 saturated carbocycles. The number of thiophene rings is 4. The minimum Gasteiger partial charge on any atom is -1.00 e. The van der Waals surface area contributed by atoms with Crippen molar-refractivity contribution in [2.75, 3.05) is 0 Å². The molecule has 64 heavy (non-hydrogen) atoms. The molecule has 0 nitrogen and oxygen atoms in total. The summed E-state index contributed by atoms with van der Waals surface area (Å²) in [5, 5.41) is 3.68. The topological polar surface area (TPSA) is 0 Å².